The topological polar surface area (TPSA) is 67.8 Å². The summed E-state index contributed by atoms with van der Waals surface area (Å²) in [7, 11) is 1.71. The molecular weight excluding hydrogens is 234 g/mol. The zero-order chi connectivity index (χ0) is 13.6. The summed E-state index contributed by atoms with van der Waals surface area (Å²) in [5.41, 5.74) is 0.181. The number of hydrogen-bond acceptors (Lipinski definition) is 4. The van der Waals surface area contributed by atoms with Crippen LogP contribution >= 0.6 is 0 Å². The van der Waals surface area contributed by atoms with Crippen molar-refractivity contribution in [2.24, 2.45) is 5.41 Å². The summed E-state index contributed by atoms with van der Waals surface area (Å²) in [5.74, 6) is -0.849. The first kappa shape index (κ1) is 15.4. The van der Waals surface area contributed by atoms with E-state index in [4.69, 9.17) is 14.6 Å². The van der Waals surface area contributed by atoms with Crippen LogP contribution in [0.15, 0.2) is 0 Å². The lowest BCUT2D eigenvalue weighted by atomic mass is 9.89. The van der Waals surface area contributed by atoms with E-state index in [1.54, 1.807) is 7.11 Å². The van der Waals surface area contributed by atoms with Crippen molar-refractivity contribution in [3.05, 3.63) is 0 Å². The molecule has 0 spiro atoms. The van der Waals surface area contributed by atoms with Crippen LogP contribution in [0.5, 0.6) is 0 Å². The van der Waals surface area contributed by atoms with Gasteiger partial charge in [-0.05, 0) is 24.7 Å². The van der Waals surface area contributed by atoms with Gasteiger partial charge in [-0.2, -0.15) is 0 Å². The van der Waals surface area contributed by atoms with Crippen LogP contribution in [0.1, 0.15) is 33.1 Å². The summed E-state index contributed by atoms with van der Waals surface area (Å²) in [6.07, 6.45) is 1.86. The van der Waals surface area contributed by atoms with Gasteiger partial charge in [-0.3, -0.25) is 0 Å². The molecule has 5 heteroatoms. The third kappa shape index (κ3) is 5.33. The standard InChI is InChI=1S/C13H25NO4/c1-13(2,6-7-17-3)9-14-8-10-4-5-11(18-10)12(15)16/h10-11,14H,4-9H2,1-3H3,(H,15,16). The average Bonchev–Trinajstić information content (AvgIpc) is 2.75. The molecule has 0 saturated carbocycles. The van der Waals surface area contributed by atoms with Crippen LogP contribution < -0.4 is 5.32 Å². The van der Waals surface area contributed by atoms with E-state index >= 15 is 0 Å². The Hall–Kier alpha value is -0.650. The van der Waals surface area contributed by atoms with Crippen molar-refractivity contribution in [2.75, 3.05) is 26.8 Å². The molecule has 2 N–H and O–H groups in total. The van der Waals surface area contributed by atoms with Crippen LogP contribution in [0.3, 0.4) is 0 Å². The minimum Gasteiger partial charge on any atom is -0.479 e. The molecule has 2 unspecified atom stereocenters. The highest BCUT2D eigenvalue weighted by molar-refractivity contribution is 5.72. The van der Waals surface area contributed by atoms with E-state index in [9.17, 15) is 4.79 Å². The molecule has 2 atom stereocenters. The second-order valence-electron chi connectivity index (χ2n) is 5.70. The maximum absolute atomic E-state index is 10.7. The predicted molar refractivity (Wildman–Crippen MR) is 68.7 cm³/mol. The van der Waals surface area contributed by atoms with Gasteiger partial charge >= 0.3 is 5.97 Å². The second kappa shape index (κ2) is 7.07. The van der Waals surface area contributed by atoms with Crippen molar-refractivity contribution in [1.29, 1.82) is 0 Å². The zero-order valence-electron chi connectivity index (χ0n) is 11.6. The molecule has 5 nitrogen and oxygen atoms in total. The largest absolute Gasteiger partial charge is 0.479 e. The van der Waals surface area contributed by atoms with Gasteiger partial charge in [-0.25, -0.2) is 4.79 Å². The maximum atomic E-state index is 10.7. The quantitative estimate of drug-likeness (QED) is 0.687. The van der Waals surface area contributed by atoms with Crippen LogP contribution in [0.2, 0.25) is 0 Å². The van der Waals surface area contributed by atoms with E-state index in [1.807, 2.05) is 0 Å². The van der Waals surface area contributed by atoms with Gasteiger partial charge in [0.05, 0.1) is 6.10 Å². The lowest BCUT2D eigenvalue weighted by molar-refractivity contribution is -0.149. The monoisotopic (exact) mass is 259 g/mol. The van der Waals surface area contributed by atoms with Crippen molar-refractivity contribution in [3.8, 4) is 0 Å². The highest BCUT2D eigenvalue weighted by Gasteiger charge is 2.30. The van der Waals surface area contributed by atoms with Crippen molar-refractivity contribution in [3.63, 3.8) is 0 Å². The SMILES string of the molecule is COCCC(C)(C)CNCC1CCC(C(=O)O)O1. The van der Waals surface area contributed by atoms with Crippen molar-refractivity contribution in [2.45, 2.75) is 45.3 Å². The summed E-state index contributed by atoms with van der Waals surface area (Å²) in [4.78, 5) is 10.7. The van der Waals surface area contributed by atoms with Crippen LogP contribution in [0.4, 0.5) is 0 Å². The third-order valence-electron chi connectivity index (χ3n) is 3.34. The normalized spacial score (nSPS) is 24.4. The molecule has 0 aromatic carbocycles. The number of carbonyl (C=O) groups is 1. The smallest absolute Gasteiger partial charge is 0.332 e. The van der Waals surface area contributed by atoms with E-state index in [0.717, 1.165) is 32.5 Å². The molecule has 1 saturated heterocycles. The fourth-order valence-electron chi connectivity index (χ4n) is 2.08. The van der Waals surface area contributed by atoms with E-state index in [0.29, 0.717) is 6.42 Å². The number of carboxylic acid groups (broad SMARTS) is 1. The Labute approximate surface area is 109 Å². The van der Waals surface area contributed by atoms with Gasteiger partial charge < -0.3 is 19.9 Å². The first-order valence-corrected chi connectivity index (χ1v) is 6.52. The van der Waals surface area contributed by atoms with Crippen LogP contribution in [0, 0.1) is 5.41 Å². The third-order valence-corrected chi connectivity index (χ3v) is 3.34. The second-order valence-corrected chi connectivity index (χ2v) is 5.70. The maximum Gasteiger partial charge on any atom is 0.332 e. The molecule has 18 heavy (non-hydrogen) atoms. The lowest BCUT2D eigenvalue weighted by Gasteiger charge is -2.25. The minimum absolute atomic E-state index is 0.0318. The summed E-state index contributed by atoms with van der Waals surface area (Å²) < 4.78 is 10.5. The number of nitrogens with one attached hydrogen (secondary N) is 1. The molecule has 0 aromatic rings. The minimum atomic E-state index is -0.849. The molecule has 0 amide bonds. The van der Waals surface area contributed by atoms with E-state index in [1.165, 1.54) is 0 Å². The van der Waals surface area contributed by atoms with Crippen LogP contribution in [-0.2, 0) is 14.3 Å². The van der Waals surface area contributed by atoms with E-state index in [2.05, 4.69) is 19.2 Å². The number of carboxylic acids is 1. The Kier molecular flexibility index (Phi) is 6.05. The van der Waals surface area contributed by atoms with Gasteiger partial charge in [0, 0.05) is 26.8 Å². The molecule has 1 fully saturated rings. The molecule has 1 aliphatic heterocycles. The number of hydrogen-bond donors (Lipinski definition) is 2. The number of ether oxygens (including phenoxy) is 2. The molecule has 0 bridgehead atoms. The molecule has 1 rings (SSSR count). The summed E-state index contributed by atoms with van der Waals surface area (Å²) in [6, 6.07) is 0. The highest BCUT2D eigenvalue weighted by atomic mass is 16.5. The Morgan fingerprint density at radius 1 is 1.50 bits per heavy atom. The van der Waals surface area contributed by atoms with Crippen LogP contribution in [-0.4, -0.2) is 50.1 Å². The summed E-state index contributed by atoms with van der Waals surface area (Å²) >= 11 is 0. The molecule has 0 radical (unpaired) electrons. The van der Waals surface area contributed by atoms with Crippen molar-refractivity contribution < 1.29 is 19.4 Å². The molecule has 0 aromatic heterocycles. The van der Waals surface area contributed by atoms with Gasteiger partial charge in [0.1, 0.15) is 0 Å². The van der Waals surface area contributed by atoms with E-state index < -0.39 is 12.1 Å². The lowest BCUT2D eigenvalue weighted by Crippen LogP contribution is -2.35. The molecular formula is C13H25NO4. The van der Waals surface area contributed by atoms with Crippen molar-refractivity contribution >= 4 is 5.97 Å². The Balaban J connectivity index is 2.16. The molecule has 1 heterocycles. The molecule has 1 aliphatic rings. The fraction of sp³-hybridized carbons (Fsp3) is 0.923. The van der Waals surface area contributed by atoms with Gasteiger partial charge in [-0.15, -0.1) is 0 Å². The number of rotatable bonds is 8. The van der Waals surface area contributed by atoms with Crippen LogP contribution in [0.25, 0.3) is 0 Å². The summed E-state index contributed by atoms with van der Waals surface area (Å²) in [5, 5.41) is 12.2. The molecule has 0 aliphatic carbocycles. The van der Waals surface area contributed by atoms with Gasteiger partial charge in [0.15, 0.2) is 6.10 Å². The fourth-order valence-corrected chi connectivity index (χ4v) is 2.08. The Morgan fingerprint density at radius 2 is 2.22 bits per heavy atom. The summed E-state index contributed by atoms with van der Waals surface area (Å²) in [6.45, 7) is 6.74. The van der Waals surface area contributed by atoms with E-state index in [-0.39, 0.29) is 11.5 Å². The van der Waals surface area contributed by atoms with Gasteiger partial charge in [-0.1, -0.05) is 13.8 Å². The van der Waals surface area contributed by atoms with Gasteiger partial charge in [0.25, 0.3) is 0 Å². The Morgan fingerprint density at radius 3 is 2.78 bits per heavy atom. The highest BCUT2D eigenvalue weighted by Crippen LogP contribution is 2.21. The number of aliphatic carboxylic acids is 1. The number of methoxy groups -OCH3 is 1. The first-order valence-electron chi connectivity index (χ1n) is 6.52. The molecule has 106 valence electrons. The zero-order valence-corrected chi connectivity index (χ0v) is 11.6. The average molecular weight is 259 g/mol. The first-order chi connectivity index (χ1) is 8.44. The Bertz CT molecular complexity index is 268. The predicted octanol–water partition coefficient (Wildman–Crippen LogP) is 1.27. The van der Waals surface area contributed by atoms with Crippen molar-refractivity contribution in [1.82, 2.24) is 5.32 Å². The van der Waals surface area contributed by atoms with Gasteiger partial charge in [0.2, 0.25) is 0 Å².